The molecule has 4 aliphatic rings. The van der Waals surface area contributed by atoms with Gasteiger partial charge in [-0.15, -0.1) is 0 Å². The molecule has 0 saturated carbocycles. The van der Waals surface area contributed by atoms with Gasteiger partial charge in [0, 0.05) is 24.7 Å². The topological polar surface area (TPSA) is 116 Å². The Labute approximate surface area is 203 Å². The predicted octanol–water partition coefficient (Wildman–Crippen LogP) is 2.45. The minimum atomic E-state index is -4.00. The molecule has 0 radical (unpaired) electrons. The lowest BCUT2D eigenvalue weighted by molar-refractivity contribution is -0.121. The number of rotatable bonds is 3. The van der Waals surface area contributed by atoms with E-state index < -0.39 is 10.1 Å². The van der Waals surface area contributed by atoms with E-state index >= 15 is 0 Å². The standard InChI is InChI=1S/C17H20ClN3O3.C6H6O3S/c1-20-14-7-11(18)6-12(16(14)24-9-15(20)22)17(23)19-13-8-21-4-2-10(13)3-5-21;7-10(8,9)6-4-2-1-3-5-6/h6-7,10,13H,2-5,8-9H2,1H3,(H,19,23);1-5H,(H,7,8,9)/t13-;/m0./s1. The Morgan fingerprint density at radius 3 is 2.41 bits per heavy atom. The number of anilines is 1. The summed E-state index contributed by atoms with van der Waals surface area (Å²) in [5, 5.41) is 3.56. The number of benzene rings is 2. The van der Waals surface area contributed by atoms with E-state index in [2.05, 4.69) is 10.2 Å². The Morgan fingerprint density at radius 2 is 1.85 bits per heavy atom. The Balaban J connectivity index is 0.000000231. The summed E-state index contributed by atoms with van der Waals surface area (Å²) in [5.74, 6) is 0.628. The zero-order chi connectivity index (χ0) is 24.5. The van der Waals surface area contributed by atoms with Gasteiger partial charge in [0.25, 0.3) is 21.9 Å². The molecule has 0 aromatic heterocycles. The van der Waals surface area contributed by atoms with Gasteiger partial charge in [0.2, 0.25) is 0 Å². The second-order valence-electron chi connectivity index (χ2n) is 8.55. The van der Waals surface area contributed by atoms with Gasteiger partial charge in [-0.05, 0) is 56.1 Å². The van der Waals surface area contributed by atoms with Crippen molar-refractivity contribution < 1.29 is 27.3 Å². The Hall–Kier alpha value is -2.66. The van der Waals surface area contributed by atoms with E-state index in [1.54, 1.807) is 37.4 Å². The van der Waals surface area contributed by atoms with Crippen LogP contribution in [0.2, 0.25) is 5.02 Å². The number of halogens is 1. The maximum absolute atomic E-state index is 12.8. The van der Waals surface area contributed by atoms with Crippen LogP contribution >= 0.6 is 11.6 Å². The summed E-state index contributed by atoms with van der Waals surface area (Å²) >= 11 is 6.16. The molecule has 4 heterocycles. The van der Waals surface area contributed by atoms with E-state index in [4.69, 9.17) is 20.9 Å². The van der Waals surface area contributed by atoms with Crippen LogP contribution in [-0.2, 0) is 14.9 Å². The van der Waals surface area contributed by atoms with Crippen molar-refractivity contribution in [3.63, 3.8) is 0 Å². The van der Waals surface area contributed by atoms with Crippen molar-refractivity contribution in [3.8, 4) is 5.75 Å². The quantitative estimate of drug-likeness (QED) is 0.613. The summed E-state index contributed by atoms with van der Waals surface area (Å²) in [7, 11) is -2.34. The highest BCUT2D eigenvalue weighted by Crippen LogP contribution is 2.38. The number of likely N-dealkylation sites (N-methyl/N-ethyl adjacent to an activating group) is 1. The van der Waals surface area contributed by atoms with E-state index in [-0.39, 0.29) is 29.4 Å². The molecule has 0 unspecified atom stereocenters. The lowest BCUT2D eigenvalue weighted by Gasteiger charge is -2.45. The summed E-state index contributed by atoms with van der Waals surface area (Å²) in [5.41, 5.74) is 0.936. The van der Waals surface area contributed by atoms with Gasteiger partial charge in [-0.3, -0.25) is 14.1 Å². The Kier molecular flexibility index (Phi) is 7.13. The molecular formula is C23H26ClN3O6S. The Bertz CT molecular complexity index is 1180. The van der Waals surface area contributed by atoms with Gasteiger partial charge in [-0.2, -0.15) is 8.42 Å². The van der Waals surface area contributed by atoms with Gasteiger partial charge in [0.1, 0.15) is 0 Å². The first kappa shape index (κ1) is 24.5. The highest BCUT2D eigenvalue weighted by molar-refractivity contribution is 7.85. The third kappa shape index (κ3) is 5.35. The highest BCUT2D eigenvalue weighted by Gasteiger charge is 2.36. The fraction of sp³-hybridized carbons (Fsp3) is 0.391. The molecule has 182 valence electrons. The first-order chi connectivity index (χ1) is 16.1. The third-order valence-electron chi connectivity index (χ3n) is 6.37. The number of hydrogen-bond donors (Lipinski definition) is 2. The van der Waals surface area contributed by atoms with Gasteiger partial charge in [-0.1, -0.05) is 29.8 Å². The van der Waals surface area contributed by atoms with Crippen molar-refractivity contribution in [2.24, 2.45) is 5.92 Å². The number of piperidine rings is 3. The molecule has 34 heavy (non-hydrogen) atoms. The number of nitrogens with one attached hydrogen (secondary N) is 1. The second kappa shape index (κ2) is 9.91. The predicted molar refractivity (Wildman–Crippen MR) is 127 cm³/mol. The van der Waals surface area contributed by atoms with Crippen LogP contribution in [0.5, 0.6) is 5.75 Å². The molecule has 2 bridgehead atoms. The monoisotopic (exact) mass is 507 g/mol. The Morgan fingerprint density at radius 1 is 1.18 bits per heavy atom. The molecule has 11 heteroatoms. The van der Waals surface area contributed by atoms with Crippen molar-refractivity contribution in [1.82, 2.24) is 10.2 Å². The van der Waals surface area contributed by atoms with Crippen LogP contribution in [-0.4, -0.2) is 69.0 Å². The smallest absolute Gasteiger partial charge is 0.294 e. The molecule has 3 fully saturated rings. The number of nitrogens with zero attached hydrogens (tertiary/aromatic N) is 2. The van der Waals surface area contributed by atoms with Crippen LogP contribution in [0.25, 0.3) is 0 Å². The lowest BCUT2D eigenvalue weighted by atomic mass is 9.84. The molecule has 4 aliphatic heterocycles. The molecule has 1 atom stereocenters. The zero-order valence-corrected chi connectivity index (χ0v) is 20.2. The first-order valence-corrected chi connectivity index (χ1v) is 12.7. The van der Waals surface area contributed by atoms with Gasteiger partial charge in [0.15, 0.2) is 12.4 Å². The van der Waals surface area contributed by atoms with Gasteiger partial charge in [0.05, 0.1) is 16.1 Å². The summed E-state index contributed by atoms with van der Waals surface area (Å²) in [6.07, 6.45) is 2.26. The molecule has 2 aromatic carbocycles. The lowest BCUT2D eigenvalue weighted by Crippen LogP contribution is -2.57. The van der Waals surface area contributed by atoms with Crippen molar-refractivity contribution in [3.05, 3.63) is 53.1 Å². The number of amides is 2. The number of hydrogen-bond acceptors (Lipinski definition) is 6. The average Bonchev–Trinajstić information content (AvgIpc) is 2.82. The minimum absolute atomic E-state index is 0.0642. The summed E-state index contributed by atoms with van der Waals surface area (Å²) in [4.78, 5) is 28.4. The zero-order valence-electron chi connectivity index (χ0n) is 18.6. The molecule has 3 saturated heterocycles. The van der Waals surface area contributed by atoms with E-state index in [9.17, 15) is 18.0 Å². The summed E-state index contributed by atoms with van der Waals surface area (Å²) in [6, 6.07) is 10.9. The second-order valence-corrected chi connectivity index (χ2v) is 10.4. The maximum atomic E-state index is 12.8. The van der Waals surface area contributed by atoms with Crippen LogP contribution in [0.1, 0.15) is 23.2 Å². The first-order valence-electron chi connectivity index (χ1n) is 10.9. The van der Waals surface area contributed by atoms with E-state index in [1.807, 2.05) is 0 Å². The van der Waals surface area contributed by atoms with Crippen LogP contribution in [0.15, 0.2) is 47.4 Å². The molecule has 9 nitrogen and oxygen atoms in total. The number of ether oxygens (including phenoxy) is 1. The maximum Gasteiger partial charge on any atom is 0.294 e. The van der Waals surface area contributed by atoms with Crippen molar-refractivity contribution in [2.45, 2.75) is 23.8 Å². The minimum Gasteiger partial charge on any atom is -0.481 e. The molecule has 2 amide bonds. The summed E-state index contributed by atoms with van der Waals surface area (Å²) in [6.45, 7) is 3.09. The van der Waals surface area contributed by atoms with Crippen LogP contribution in [0.3, 0.4) is 0 Å². The van der Waals surface area contributed by atoms with E-state index in [0.29, 0.717) is 27.9 Å². The largest absolute Gasteiger partial charge is 0.481 e. The van der Waals surface area contributed by atoms with Gasteiger partial charge in [-0.25, -0.2) is 0 Å². The SMILES string of the molecule is CN1C(=O)COc2c(C(=O)N[C@H]3CN4CCC3CC4)cc(Cl)cc21.O=S(=O)(O)c1ccccc1. The van der Waals surface area contributed by atoms with E-state index in [0.717, 1.165) is 32.5 Å². The van der Waals surface area contributed by atoms with Crippen molar-refractivity contribution in [2.75, 3.05) is 38.2 Å². The number of carbonyl (C=O) groups is 2. The van der Waals surface area contributed by atoms with Gasteiger partial charge >= 0.3 is 0 Å². The molecule has 6 rings (SSSR count). The van der Waals surface area contributed by atoms with Crippen LogP contribution < -0.4 is 15.0 Å². The normalized spacial score (nSPS) is 23.3. The van der Waals surface area contributed by atoms with Gasteiger partial charge < -0.3 is 19.9 Å². The van der Waals surface area contributed by atoms with Crippen molar-refractivity contribution >= 4 is 39.2 Å². The molecule has 2 N–H and O–H groups in total. The summed E-state index contributed by atoms with van der Waals surface area (Å²) < 4.78 is 34.8. The van der Waals surface area contributed by atoms with Crippen molar-refractivity contribution in [1.29, 1.82) is 0 Å². The fourth-order valence-electron chi connectivity index (χ4n) is 4.48. The average molecular weight is 508 g/mol. The number of fused-ring (bicyclic) bond motifs is 4. The molecule has 2 aromatic rings. The third-order valence-corrected chi connectivity index (χ3v) is 7.45. The highest BCUT2D eigenvalue weighted by atomic mass is 35.5. The van der Waals surface area contributed by atoms with Crippen LogP contribution in [0, 0.1) is 5.92 Å². The molecular weight excluding hydrogens is 482 g/mol. The molecule has 0 spiro atoms. The fourth-order valence-corrected chi connectivity index (χ4v) is 5.19. The van der Waals surface area contributed by atoms with E-state index in [1.165, 1.54) is 17.0 Å². The van der Waals surface area contributed by atoms with Crippen LogP contribution in [0.4, 0.5) is 5.69 Å². The molecule has 0 aliphatic carbocycles. The number of carbonyl (C=O) groups excluding carboxylic acids is 2.